The fourth-order valence-corrected chi connectivity index (χ4v) is 1.62. The molecule has 1 aromatic rings. The number of amides is 1. The van der Waals surface area contributed by atoms with Crippen molar-refractivity contribution in [3.05, 3.63) is 16.9 Å². The largest absolute Gasteiger partial charge is 0.433 e. The highest BCUT2D eigenvalue weighted by molar-refractivity contribution is 6.29. The molecule has 2 rings (SSSR count). The van der Waals surface area contributed by atoms with E-state index in [0.717, 1.165) is 4.90 Å². The van der Waals surface area contributed by atoms with Gasteiger partial charge in [0.2, 0.25) is 11.9 Å². The minimum absolute atomic E-state index is 0.337. The highest BCUT2D eigenvalue weighted by Gasteiger charge is 2.36. The molecule has 0 N–H and O–H groups in total. The Morgan fingerprint density at radius 1 is 1.28 bits per heavy atom. The number of carbonyl (C=O) groups excluding carboxylic acids is 2. The minimum Gasteiger partial charge on any atom is -0.297 e. The molecule has 0 radical (unpaired) electrons. The number of carbonyl (C=O) groups is 2. The normalized spacial score (nSPS) is 16.6. The van der Waals surface area contributed by atoms with Gasteiger partial charge in [-0.2, -0.15) is 13.2 Å². The average molecular weight is 280 g/mol. The van der Waals surface area contributed by atoms with Gasteiger partial charge >= 0.3 is 6.18 Å². The molecule has 96 valence electrons. The molecule has 0 saturated carbocycles. The Morgan fingerprint density at radius 2 is 1.94 bits per heavy atom. The Morgan fingerprint density at radius 3 is 2.44 bits per heavy atom. The van der Waals surface area contributed by atoms with Crippen molar-refractivity contribution in [2.24, 2.45) is 0 Å². The molecule has 0 spiro atoms. The number of ketones is 1. The van der Waals surface area contributed by atoms with Crippen molar-refractivity contribution in [2.75, 3.05) is 11.4 Å². The number of anilines is 1. The maximum absolute atomic E-state index is 12.5. The standard InChI is InChI=1S/C9H5ClF3N3O2/c10-6-2-5(9(11,12)13)14-8(15-6)16-3-4(17)1-7(16)18/h2H,1,3H2. The van der Waals surface area contributed by atoms with Crippen molar-refractivity contribution in [2.45, 2.75) is 12.6 Å². The first-order chi connectivity index (χ1) is 8.27. The maximum Gasteiger partial charge on any atom is 0.433 e. The fraction of sp³-hybridized carbons (Fsp3) is 0.333. The van der Waals surface area contributed by atoms with Crippen molar-refractivity contribution in [3.63, 3.8) is 0 Å². The first-order valence-electron chi connectivity index (χ1n) is 4.71. The van der Waals surface area contributed by atoms with Crippen LogP contribution in [0.25, 0.3) is 0 Å². The third kappa shape index (κ3) is 2.42. The number of hydrogen-bond acceptors (Lipinski definition) is 4. The topological polar surface area (TPSA) is 63.2 Å². The lowest BCUT2D eigenvalue weighted by Crippen LogP contribution is -2.27. The van der Waals surface area contributed by atoms with E-state index in [1.165, 1.54) is 0 Å². The third-order valence-corrected chi connectivity index (χ3v) is 2.39. The molecule has 0 aliphatic carbocycles. The summed E-state index contributed by atoms with van der Waals surface area (Å²) in [5.41, 5.74) is -1.26. The lowest BCUT2D eigenvalue weighted by molar-refractivity contribution is -0.141. The van der Waals surface area contributed by atoms with Crippen LogP contribution >= 0.6 is 11.6 Å². The zero-order chi connectivity index (χ0) is 13.5. The molecule has 1 aliphatic rings. The van der Waals surface area contributed by atoms with Gasteiger partial charge in [0, 0.05) is 6.07 Å². The van der Waals surface area contributed by atoms with Gasteiger partial charge < -0.3 is 0 Å². The molecule has 0 aromatic carbocycles. The summed E-state index contributed by atoms with van der Waals surface area (Å²) >= 11 is 5.44. The Labute approximate surface area is 104 Å². The van der Waals surface area contributed by atoms with Gasteiger partial charge in [-0.25, -0.2) is 9.97 Å². The SMILES string of the molecule is O=C1CC(=O)N(c2nc(Cl)cc(C(F)(F)F)n2)C1. The van der Waals surface area contributed by atoms with Crippen LogP contribution in [0.15, 0.2) is 6.07 Å². The van der Waals surface area contributed by atoms with Gasteiger partial charge in [-0.05, 0) is 0 Å². The smallest absolute Gasteiger partial charge is 0.297 e. The highest BCUT2D eigenvalue weighted by atomic mass is 35.5. The highest BCUT2D eigenvalue weighted by Crippen LogP contribution is 2.30. The third-order valence-electron chi connectivity index (χ3n) is 2.20. The number of alkyl halides is 3. The number of aromatic nitrogens is 2. The molecule has 1 fully saturated rings. The Hall–Kier alpha value is -1.70. The van der Waals surface area contributed by atoms with Crippen molar-refractivity contribution < 1.29 is 22.8 Å². The van der Waals surface area contributed by atoms with E-state index >= 15 is 0 Å². The van der Waals surface area contributed by atoms with Crippen LogP contribution in [0.5, 0.6) is 0 Å². The predicted molar refractivity (Wildman–Crippen MR) is 54.0 cm³/mol. The molecule has 1 saturated heterocycles. The summed E-state index contributed by atoms with van der Waals surface area (Å²) in [6.45, 7) is -0.337. The zero-order valence-corrected chi connectivity index (χ0v) is 9.42. The number of rotatable bonds is 1. The van der Waals surface area contributed by atoms with Gasteiger partial charge in [0.25, 0.3) is 0 Å². The Balaban J connectivity index is 2.43. The summed E-state index contributed by atoms with van der Waals surface area (Å²) in [7, 11) is 0. The van der Waals surface area contributed by atoms with Crippen LogP contribution in [0.3, 0.4) is 0 Å². The zero-order valence-electron chi connectivity index (χ0n) is 8.66. The van der Waals surface area contributed by atoms with Crippen LogP contribution in [0.4, 0.5) is 19.1 Å². The van der Waals surface area contributed by atoms with E-state index in [1.54, 1.807) is 0 Å². The van der Waals surface area contributed by atoms with Crippen LogP contribution in [-0.4, -0.2) is 28.2 Å². The monoisotopic (exact) mass is 279 g/mol. The van der Waals surface area contributed by atoms with E-state index in [0.29, 0.717) is 6.07 Å². The molecular weight excluding hydrogens is 275 g/mol. The summed E-state index contributed by atoms with van der Waals surface area (Å²) < 4.78 is 37.5. The molecule has 1 aromatic heterocycles. The van der Waals surface area contributed by atoms with E-state index in [-0.39, 0.29) is 13.0 Å². The second kappa shape index (κ2) is 4.20. The number of hydrogen-bond donors (Lipinski definition) is 0. The van der Waals surface area contributed by atoms with Crippen molar-refractivity contribution in [1.82, 2.24) is 9.97 Å². The van der Waals surface area contributed by atoms with Crippen LogP contribution in [-0.2, 0) is 15.8 Å². The minimum atomic E-state index is -4.70. The lowest BCUT2D eigenvalue weighted by Gasteiger charge is -2.14. The van der Waals surface area contributed by atoms with Crippen molar-refractivity contribution in [3.8, 4) is 0 Å². The molecule has 5 nitrogen and oxygen atoms in total. The van der Waals surface area contributed by atoms with E-state index in [2.05, 4.69) is 9.97 Å². The molecule has 9 heteroatoms. The molecule has 0 unspecified atom stereocenters. The predicted octanol–water partition coefficient (Wildman–Crippen LogP) is 1.45. The summed E-state index contributed by atoms with van der Waals surface area (Å²) in [4.78, 5) is 29.9. The summed E-state index contributed by atoms with van der Waals surface area (Å²) in [5, 5.41) is -0.445. The number of Topliss-reactive ketones (excluding diaryl/α,β-unsaturated/α-hetero) is 1. The van der Waals surface area contributed by atoms with Gasteiger partial charge in [0.05, 0.1) is 13.0 Å². The van der Waals surface area contributed by atoms with Gasteiger partial charge in [-0.15, -0.1) is 0 Å². The van der Waals surface area contributed by atoms with Crippen LogP contribution in [0, 0.1) is 0 Å². The van der Waals surface area contributed by atoms with Gasteiger partial charge in [-0.1, -0.05) is 11.6 Å². The summed E-state index contributed by atoms with van der Waals surface area (Å²) in [5.74, 6) is -1.56. The van der Waals surface area contributed by atoms with Crippen molar-refractivity contribution in [1.29, 1.82) is 0 Å². The second-order valence-electron chi connectivity index (χ2n) is 3.57. The van der Waals surface area contributed by atoms with E-state index in [1.807, 2.05) is 0 Å². The molecule has 0 bridgehead atoms. The lowest BCUT2D eigenvalue weighted by atomic mass is 10.3. The molecule has 2 heterocycles. The Bertz CT molecular complexity index is 532. The van der Waals surface area contributed by atoms with Gasteiger partial charge in [0.1, 0.15) is 5.15 Å². The van der Waals surface area contributed by atoms with Crippen LogP contribution in [0.2, 0.25) is 5.15 Å². The summed E-state index contributed by atoms with van der Waals surface area (Å²) in [6.07, 6.45) is -5.06. The van der Waals surface area contributed by atoms with E-state index in [4.69, 9.17) is 11.6 Å². The number of nitrogens with zero attached hydrogens (tertiary/aromatic N) is 3. The fourth-order valence-electron chi connectivity index (χ4n) is 1.44. The molecule has 1 amide bonds. The molecule has 0 atom stereocenters. The van der Waals surface area contributed by atoms with Gasteiger partial charge in [-0.3, -0.25) is 14.5 Å². The van der Waals surface area contributed by atoms with E-state index < -0.39 is 34.7 Å². The quantitative estimate of drug-likeness (QED) is 0.577. The van der Waals surface area contributed by atoms with Gasteiger partial charge in [0.15, 0.2) is 11.5 Å². The van der Waals surface area contributed by atoms with Crippen molar-refractivity contribution >= 4 is 29.2 Å². The molecule has 18 heavy (non-hydrogen) atoms. The molecular formula is C9H5ClF3N3O2. The molecule has 1 aliphatic heterocycles. The van der Waals surface area contributed by atoms with Crippen LogP contribution < -0.4 is 4.90 Å². The average Bonchev–Trinajstić information content (AvgIpc) is 2.55. The first-order valence-corrected chi connectivity index (χ1v) is 5.09. The van der Waals surface area contributed by atoms with Crippen LogP contribution in [0.1, 0.15) is 12.1 Å². The number of halogens is 4. The first kappa shape index (κ1) is 12.7. The van der Waals surface area contributed by atoms with E-state index in [9.17, 15) is 22.8 Å². The summed E-state index contributed by atoms with van der Waals surface area (Å²) in [6, 6.07) is 0.549. The Kier molecular flexibility index (Phi) is 2.97. The second-order valence-corrected chi connectivity index (χ2v) is 3.96. The maximum atomic E-state index is 12.5.